The fourth-order valence-corrected chi connectivity index (χ4v) is 2.20. The first-order valence-corrected chi connectivity index (χ1v) is 5.39. The van der Waals surface area contributed by atoms with Gasteiger partial charge in [0, 0.05) is 16.3 Å². The zero-order chi connectivity index (χ0) is 12.6. The Kier molecular flexibility index (Phi) is 2.87. The molecule has 0 saturated heterocycles. The molecule has 0 aliphatic rings. The van der Waals surface area contributed by atoms with E-state index in [0.717, 1.165) is 5.56 Å². The van der Waals surface area contributed by atoms with Crippen LogP contribution in [0.5, 0.6) is 0 Å². The lowest BCUT2D eigenvalue weighted by molar-refractivity contribution is 0.280. The minimum absolute atomic E-state index is 0.244. The third-order valence-corrected chi connectivity index (χ3v) is 3.15. The molecule has 1 nitrogen and oxygen atoms in total. The smallest absolute Gasteiger partial charge is 0.134 e. The van der Waals surface area contributed by atoms with Crippen molar-refractivity contribution in [2.24, 2.45) is 0 Å². The first-order valence-electron chi connectivity index (χ1n) is 5.39. The highest BCUT2D eigenvalue weighted by molar-refractivity contribution is 5.93. The van der Waals surface area contributed by atoms with E-state index in [2.05, 4.69) is 5.92 Å². The first-order chi connectivity index (χ1) is 8.11. The van der Waals surface area contributed by atoms with E-state index < -0.39 is 0 Å². The molecule has 17 heavy (non-hydrogen) atoms. The van der Waals surface area contributed by atoms with Crippen LogP contribution in [-0.4, -0.2) is 5.11 Å². The maximum absolute atomic E-state index is 14.2. The van der Waals surface area contributed by atoms with Gasteiger partial charge in [-0.05, 0) is 30.5 Å². The number of aryl methyl sites for hydroxylation is 1. The summed E-state index contributed by atoms with van der Waals surface area (Å²) in [5, 5.41) is 10.6. The Morgan fingerprint density at radius 3 is 2.65 bits per heavy atom. The molecule has 2 rings (SSSR count). The fraction of sp³-hybridized carbons (Fsp3) is 0.200. The summed E-state index contributed by atoms with van der Waals surface area (Å²) in [6, 6.07) is 5.48. The van der Waals surface area contributed by atoms with Gasteiger partial charge < -0.3 is 5.11 Å². The molecule has 0 atom stereocenters. The van der Waals surface area contributed by atoms with Crippen LogP contribution in [0.25, 0.3) is 10.8 Å². The van der Waals surface area contributed by atoms with Crippen molar-refractivity contribution in [2.75, 3.05) is 0 Å². The van der Waals surface area contributed by atoms with E-state index in [9.17, 15) is 9.50 Å². The third kappa shape index (κ3) is 1.60. The molecule has 2 aromatic rings. The van der Waals surface area contributed by atoms with E-state index in [-0.39, 0.29) is 12.4 Å². The van der Waals surface area contributed by atoms with Crippen molar-refractivity contribution in [1.29, 1.82) is 0 Å². The second-order valence-electron chi connectivity index (χ2n) is 4.09. The predicted molar refractivity (Wildman–Crippen MR) is 67.2 cm³/mol. The monoisotopic (exact) mass is 228 g/mol. The second kappa shape index (κ2) is 4.20. The summed E-state index contributed by atoms with van der Waals surface area (Å²) in [4.78, 5) is 0. The number of benzene rings is 2. The van der Waals surface area contributed by atoms with Crippen molar-refractivity contribution in [3.63, 3.8) is 0 Å². The van der Waals surface area contributed by atoms with E-state index in [1.54, 1.807) is 13.0 Å². The van der Waals surface area contributed by atoms with Crippen LogP contribution in [-0.2, 0) is 6.61 Å². The highest BCUT2D eigenvalue weighted by Crippen LogP contribution is 2.30. The highest BCUT2D eigenvalue weighted by Gasteiger charge is 2.16. The van der Waals surface area contributed by atoms with Gasteiger partial charge in [0.1, 0.15) is 5.82 Å². The molecule has 0 aromatic heterocycles. The van der Waals surface area contributed by atoms with E-state index in [1.165, 1.54) is 0 Å². The quantitative estimate of drug-likeness (QED) is 0.744. The summed E-state index contributed by atoms with van der Waals surface area (Å²) in [5.41, 5.74) is 2.37. The molecule has 0 fully saturated rings. The number of rotatable bonds is 1. The summed E-state index contributed by atoms with van der Waals surface area (Å²) in [7, 11) is 0. The van der Waals surface area contributed by atoms with Crippen molar-refractivity contribution in [2.45, 2.75) is 20.5 Å². The zero-order valence-corrected chi connectivity index (χ0v) is 9.84. The summed E-state index contributed by atoms with van der Waals surface area (Å²) >= 11 is 0. The van der Waals surface area contributed by atoms with E-state index >= 15 is 0 Å². The number of hydrogen-bond acceptors (Lipinski definition) is 1. The summed E-state index contributed by atoms with van der Waals surface area (Å²) in [6.07, 6.45) is 5.48. The van der Waals surface area contributed by atoms with E-state index in [0.29, 0.717) is 27.5 Å². The molecule has 0 bridgehead atoms. The Bertz CT molecular complexity index is 636. The lowest BCUT2D eigenvalue weighted by Gasteiger charge is -2.13. The Labute approximate surface area is 99.9 Å². The van der Waals surface area contributed by atoms with Crippen LogP contribution in [0.4, 0.5) is 4.39 Å². The van der Waals surface area contributed by atoms with Crippen LogP contribution in [0.1, 0.15) is 22.3 Å². The maximum atomic E-state index is 14.2. The highest BCUT2D eigenvalue weighted by atomic mass is 19.1. The number of hydrogen-bond donors (Lipinski definition) is 1. The molecule has 86 valence electrons. The summed E-state index contributed by atoms with van der Waals surface area (Å²) in [5.74, 6) is 2.27. The van der Waals surface area contributed by atoms with Crippen LogP contribution in [0, 0.1) is 32.0 Å². The maximum Gasteiger partial charge on any atom is 0.134 e. The number of halogens is 1. The first kappa shape index (κ1) is 11.6. The largest absolute Gasteiger partial charge is 0.392 e. The van der Waals surface area contributed by atoms with Gasteiger partial charge in [-0.1, -0.05) is 24.1 Å². The molecular formula is C15H13FO. The number of aliphatic hydroxyl groups excluding tert-OH is 1. The molecule has 0 amide bonds. The van der Waals surface area contributed by atoms with Gasteiger partial charge in [0.2, 0.25) is 0 Å². The van der Waals surface area contributed by atoms with Crippen LogP contribution < -0.4 is 0 Å². The topological polar surface area (TPSA) is 20.2 Å². The van der Waals surface area contributed by atoms with E-state index in [1.807, 2.05) is 19.1 Å². The van der Waals surface area contributed by atoms with Crippen molar-refractivity contribution in [3.8, 4) is 12.3 Å². The van der Waals surface area contributed by atoms with Gasteiger partial charge in [-0.3, -0.25) is 0 Å². The fourth-order valence-electron chi connectivity index (χ4n) is 2.20. The van der Waals surface area contributed by atoms with Gasteiger partial charge in [0.25, 0.3) is 0 Å². The Morgan fingerprint density at radius 2 is 2.06 bits per heavy atom. The molecule has 0 heterocycles. The van der Waals surface area contributed by atoms with Gasteiger partial charge in [0.05, 0.1) is 6.61 Å². The van der Waals surface area contributed by atoms with Gasteiger partial charge >= 0.3 is 0 Å². The summed E-state index contributed by atoms with van der Waals surface area (Å²) in [6.45, 7) is 3.25. The number of aliphatic hydroxyl groups is 1. The molecule has 0 aliphatic heterocycles. The molecule has 2 aromatic carbocycles. The molecule has 1 N–H and O–H groups in total. The van der Waals surface area contributed by atoms with Crippen LogP contribution >= 0.6 is 0 Å². The minimum Gasteiger partial charge on any atom is -0.392 e. The van der Waals surface area contributed by atoms with Gasteiger partial charge in [-0.25, -0.2) is 4.39 Å². The third-order valence-electron chi connectivity index (χ3n) is 3.15. The van der Waals surface area contributed by atoms with Crippen LogP contribution in [0.15, 0.2) is 18.2 Å². The van der Waals surface area contributed by atoms with Gasteiger partial charge in [0.15, 0.2) is 0 Å². The van der Waals surface area contributed by atoms with Crippen molar-refractivity contribution < 1.29 is 9.50 Å². The molecule has 0 spiro atoms. The molecule has 0 saturated carbocycles. The Balaban J connectivity index is 3.08. The number of fused-ring (bicyclic) bond motifs is 1. The second-order valence-corrected chi connectivity index (χ2v) is 4.09. The number of terminal acetylenes is 1. The van der Waals surface area contributed by atoms with Crippen LogP contribution in [0.3, 0.4) is 0 Å². The average Bonchev–Trinajstić information content (AvgIpc) is 2.33. The predicted octanol–water partition coefficient (Wildman–Crippen LogP) is 3.07. The molecule has 0 unspecified atom stereocenters. The Morgan fingerprint density at radius 1 is 1.35 bits per heavy atom. The molecular weight excluding hydrogens is 215 g/mol. The standard InChI is InChI=1S/C15H13FO/c1-4-11-12-7-5-6-9(2)14(12)15(16)10(3)13(11)8-17/h1,5-7,17H,8H2,2-3H3. The molecule has 0 radical (unpaired) electrons. The van der Waals surface area contributed by atoms with Crippen molar-refractivity contribution >= 4 is 10.8 Å². The lowest BCUT2D eigenvalue weighted by atomic mass is 9.92. The lowest BCUT2D eigenvalue weighted by Crippen LogP contribution is -2.01. The van der Waals surface area contributed by atoms with Crippen molar-refractivity contribution in [1.82, 2.24) is 0 Å². The van der Waals surface area contributed by atoms with E-state index in [4.69, 9.17) is 6.42 Å². The SMILES string of the molecule is C#Cc1c(CO)c(C)c(F)c2c(C)cccc12. The zero-order valence-electron chi connectivity index (χ0n) is 9.84. The van der Waals surface area contributed by atoms with Crippen molar-refractivity contribution in [3.05, 3.63) is 46.3 Å². The summed E-state index contributed by atoms with van der Waals surface area (Å²) < 4.78 is 14.2. The molecule has 0 aliphatic carbocycles. The van der Waals surface area contributed by atoms with Gasteiger partial charge in [-0.15, -0.1) is 6.42 Å². The van der Waals surface area contributed by atoms with Crippen LogP contribution in [0.2, 0.25) is 0 Å². The molecule has 2 heteroatoms. The van der Waals surface area contributed by atoms with Gasteiger partial charge in [-0.2, -0.15) is 0 Å². The minimum atomic E-state index is -0.291. The normalized spacial score (nSPS) is 10.5. The average molecular weight is 228 g/mol. The Hall–Kier alpha value is -1.85.